The normalized spacial score (nSPS) is 9.22. The number of rotatable bonds is 1. The molecule has 0 aromatic heterocycles. The molecule has 0 unspecified atom stereocenters. The van der Waals surface area contributed by atoms with Crippen molar-refractivity contribution in [2.24, 2.45) is 0 Å². The van der Waals surface area contributed by atoms with Crippen molar-refractivity contribution in [1.29, 1.82) is 0 Å². The third kappa shape index (κ3) is 3.12. The maximum atomic E-state index is 3.28. The van der Waals surface area contributed by atoms with Crippen LogP contribution in [0.25, 0.3) is 5.57 Å². The molecule has 0 atom stereocenters. The second-order valence-electron chi connectivity index (χ2n) is 4.36. The number of hydrogen-bond donors (Lipinski definition) is 0. The van der Waals surface area contributed by atoms with Crippen LogP contribution in [0, 0.1) is 11.8 Å². The molecule has 0 aliphatic rings. The molecule has 0 heteroatoms. The second kappa shape index (κ2) is 5.89. The Hall–Kier alpha value is -2.26. The minimum Gasteiger partial charge on any atom is -0.0622 e. The van der Waals surface area contributed by atoms with Crippen molar-refractivity contribution in [3.8, 4) is 11.8 Å². The molecule has 0 saturated heterocycles. The Bertz CT molecular complexity index is 589. The Labute approximate surface area is 109 Å². The summed E-state index contributed by atoms with van der Waals surface area (Å²) in [4.78, 5) is 0. The van der Waals surface area contributed by atoms with E-state index in [0.29, 0.717) is 0 Å². The van der Waals surface area contributed by atoms with E-state index in [1.165, 1.54) is 11.1 Å². The summed E-state index contributed by atoms with van der Waals surface area (Å²) >= 11 is 0. The summed E-state index contributed by atoms with van der Waals surface area (Å²) in [6.45, 7) is 4.20. The van der Waals surface area contributed by atoms with Gasteiger partial charge in [-0.1, -0.05) is 65.9 Å². The fourth-order valence-corrected chi connectivity index (χ4v) is 1.75. The van der Waals surface area contributed by atoms with Gasteiger partial charge in [-0.3, -0.25) is 0 Å². The Balaban J connectivity index is 2.37. The Morgan fingerprint density at radius 3 is 1.89 bits per heavy atom. The minimum atomic E-state index is 1.05. The molecule has 0 fully saturated rings. The van der Waals surface area contributed by atoms with Crippen molar-refractivity contribution < 1.29 is 0 Å². The standard InChI is InChI=1S/C18H16/c1-15(2)18(17-11-7-4-8-12-17)14-13-16-9-5-3-6-10-16/h3-12H,1-2H3. The minimum absolute atomic E-state index is 1.05. The first kappa shape index (κ1) is 12.2. The van der Waals surface area contributed by atoms with Crippen LogP contribution < -0.4 is 0 Å². The zero-order valence-electron chi connectivity index (χ0n) is 10.8. The highest BCUT2D eigenvalue weighted by Gasteiger charge is 1.98. The van der Waals surface area contributed by atoms with Crippen LogP contribution in [0.5, 0.6) is 0 Å². The highest BCUT2D eigenvalue weighted by Crippen LogP contribution is 2.17. The fourth-order valence-electron chi connectivity index (χ4n) is 1.75. The van der Waals surface area contributed by atoms with E-state index in [0.717, 1.165) is 11.1 Å². The van der Waals surface area contributed by atoms with Crippen molar-refractivity contribution in [3.63, 3.8) is 0 Å². The van der Waals surface area contributed by atoms with Gasteiger partial charge in [0.05, 0.1) is 0 Å². The summed E-state index contributed by atoms with van der Waals surface area (Å²) in [5, 5.41) is 0. The fraction of sp³-hybridized carbons (Fsp3) is 0.111. The van der Waals surface area contributed by atoms with Crippen molar-refractivity contribution in [1.82, 2.24) is 0 Å². The first-order valence-corrected chi connectivity index (χ1v) is 6.07. The molecule has 2 rings (SSSR count). The summed E-state index contributed by atoms with van der Waals surface area (Å²) in [5.74, 6) is 6.50. The molecule has 0 saturated carbocycles. The lowest BCUT2D eigenvalue weighted by Gasteiger charge is -2.02. The van der Waals surface area contributed by atoms with E-state index in [2.05, 4.69) is 37.8 Å². The van der Waals surface area contributed by atoms with Crippen molar-refractivity contribution in [2.75, 3.05) is 0 Å². The molecule has 0 amide bonds. The van der Waals surface area contributed by atoms with Crippen LogP contribution >= 0.6 is 0 Å². The monoisotopic (exact) mass is 232 g/mol. The molecule has 0 aliphatic heterocycles. The van der Waals surface area contributed by atoms with Gasteiger partial charge in [-0.05, 0) is 31.5 Å². The first-order chi connectivity index (χ1) is 8.77. The van der Waals surface area contributed by atoms with E-state index in [1.807, 2.05) is 48.5 Å². The van der Waals surface area contributed by atoms with Crippen LogP contribution in [0.4, 0.5) is 0 Å². The summed E-state index contributed by atoms with van der Waals surface area (Å²) in [6, 6.07) is 20.4. The third-order valence-electron chi connectivity index (χ3n) is 2.67. The van der Waals surface area contributed by atoms with Gasteiger partial charge >= 0.3 is 0 Å². The van der Waals surface area contributed by atoms with Crippen molar-refractivity contribution >= 4 is 5.57 Å². The average molecular weight is 232 g/mol. The molecule has 0 spiro atoms. The quantitative estimate of drug-likeness (QED) is 0.634. The molecule has 0 nitrogen and oxygen atoms in total. The van der Waals surface area contributed by atoms with Crippen LogP contribution in [0.3, 0.4) is 0 Å². The predicted molar refractivity (Wildman–Crippen MR) is 78.0 cm³/mol. The van der Waals surface area contributed by atoms with E-state index >= 15 is 0 Å². The Morgan fingerprint density at radius 2 is 1.33 bits per heavy atom. The van der Waals surface area contributed by atoms with Gasteiger partial charge in [-0.25, -0.2) is 0 Å². The van der Waals surface area contributed by atoms with Gasteiger partial charge in [0.15, 0.2) is 0 Å². The van der Waals surface area contributed by atoms with E-state index in [4.69, 9.17) is 0 Å². The van der Waals surface area contributed by atoms with Crippen molar-refractivity contribution in [2.45, 2.75) is 13.8 Å². The highest BCUT2D eigenvalue weighted by molar-refractivity contribution is 5.81. The summed E-state index contributed by atoms with van der Waals surface area (Å²) < 4.78 is 0. The topological polar surface area (TPSA) is 0 Å². The Kier molecular flexibility index (Phi) is 3.99. The first-order valence-electron chi connectivity index (χ1n) is 6.07. The lowest BCUT2D eigenvalue weighted by Crippen LogP contribution is -1.84. The molecule has 0 radical (unpaired) electrons. The Morgan fingerprint density at radius 1 is 0.778 bits per heavy atom. The van der Waals surface area contributed by atoms with Crippen LogP contribution in [-0.2, 0) is 0 Å². The number of hydrogen-bond acceptors (Lipinski definition) is 0. The van der Waals surface area contributed by atoms with Crippen LogP contribution in [0.15, 0.2) is 66.2 Å². The summed E-state index contributed by atoms with van der Waals surface area (Å²) in [5.41, 5.74) is 4.58. The van der Waals surface area contributed by atoms with Gasteiger partial charge in [0.2, 0.25) is 0 Å². The molecule has 18 heavy (non-hydrogen) atoms. The maximum Gasteiger partial charge on any atom is 0.0307 e. The van der Waals surface area contributed by atoms with E-state index in [1.54, 1.807) is 0 Å². The zero-order chi connectivity index (χ0) is 12.8. The van der Waals surface area contributed by atoms with Gasteiger partial charge < -0.3 is 0 Å². The zero-order valence-corrected chi connectivity index (χ0v) is 10.8. The molecule has 2 aromatic carbocycles. The van der Waals surface area contributed by atoms with Gasteiger partial charge in [-0.2, -0.15) is 0 Å². The highest BCUT2D eigenvalue weighted by atomic mass is 14.0. The van der Waals surface area contributed by atoms with Crippen LogP contribution in [0.2, 0.25) is 0 Å². The molecule has 0 heterocycles. The number of allylic oxidation sites excluding steroid dienone is 2. The van der Waals surface area contributed by atoms with Crippen LogP contribution in [0.1, 0.15) is 25.0 Å². The van der Waals surface area contributed by atoms with Crippen molar-refractivity contribution in [3.05, 3.63) is 77.4 Å². The smallest absolute Gasteiger partial charge is 0.0307 e. The maximum absolute atomic E-state index is 3.28. The van der Waals surface area contributed by atoms with E-state index in [-0.39, 0.29) is 0 Å². The predicted octanol–water partition coefficient (Wildman–Crippen LogP) is 4.53. The largest absolute Gasteiger partial charge is 0.0622 e. The third-order valence-corrected chi connectivity index (χ3v) is 2.67. The average Bonchev–Trinajstić information content (AvgIpc) is 2.41. The molecular weight excluding hydrogens is 216 g/mol. The summed E-state index contributed by atoms with van der Waals surface area (Å²) in [7, 11) is 0. The molecule has 0 aliphatic carbocycles. The van der Waals surface area contributed by atoms with E-state index in [9.17, 15) is 0 Å². The van der Waals surface area contributed by atoms with Gasteiger partial charge in [-0.15, -0.1) is 0 Å². The molecule has 2 aromatic rings. The molecule has 88 valence electrons. The number of benzene rings is 2. The lowest BCUT2D eigenvalue weighted by molar-refractivity contribution is 1.40. The SMILES string of the molecule is CC(C)=C(C#Cc1ccccc1)c1ccccc1. The van der Waals surface area contributed by atoms with Gasteiger partial charge in [0.1, 0.15) is 0 Å². The lowest BCUT2D eigenvalue weighted by atomic mass is 10.0. The molecule has 0 N–H and O–H groups in total. The summed E-state index contributed by atoms with van der Waals surface area (Å²) in [6.07, 6.45) is 0. The van der Waals surface area contributed by atoms with Crippen LogP contribution in [-0.4, -0.2) is 0 Å². The van der Waals surface area contributed by atoms with Gasteiger partial charge in [0, 0.05) is 11.1 Å². The van der Waals surface area contributed by atoms with Gasteiger partial charge in [0.25, 0.3) is 0 Å². The molecule has 0 bridgehead atoms. The van der Waals surface area contributed by atoms with E-state index < -0.39 is 0 Å². The second-order valence-corrected chi connectivity index (χ2v) is 4.36. The molecular formula is C18H16.